The van der Waals surface area contributed by atoms with Crippen LogP contribution in [0.4, 0.5) is 15.8 Å². The van der Waals surface area contributed by atoms with Crippen LogP contribution in [0.3, 0.4) is 0 Å². The van der Waals surface area contributed by atoms with E-state index in [0.29, 0.717) is 12.8 Å². The lowest BCUT2D eigenvalue weighted by Gasteiger charge is -2.39. The average Bonchev–Trinajstić information content (AvgIpc) is 2.36. The van der Waals surface area contributed by atoms with Gasteiger partial charge in [-0.1, -0.05) is 13.0 Å². The van der Waals surface area contributed by atoms with Crippen molar-refractivity contribution >= 4 is 17.3 Å². The van der Waals surface area contributed by atoms with E-state index in [0.717, 1.165) is 12.1 Å². The number of benzene rings is 1. The number of hydrogen-bond acceptors (Lipinski definition) is 4. The first-order valence-electron chi connectivity index (χ1n) is 6.05. The average molecular weight is 277 g/mol. The first kappa shape index (κ1) is 13.9. The first-order chi connectivity index (χ1) is 9.39. The monoisotopic (exact) mass is 277 g/mol. The zero-order valence-corrected chi connectivity index (χ0v) is 10.7. The molecule has 20 heavy (non-hydrogen) atoms. The molecule has 0 bridgehead atoms. The standard InChI is InChI=1S/C13H12FN3O3/c1-8-5-13(6-8,7-15)12(18)16-11-9(14)3-2-4-10(11)17(19)20/h2-4,8H,5-6H2,1H3,(H,16,18). The number of nitriles is 1. The largest absolute Gasteiger partial charge is 0.317 e. The molecule has 0 heterocycles. The van der Waals surface area contributed by atoms with Crippen LogP contribution in [0.15, 0.2) is 18.2 Å². The highest BCUT2D eigenvalue weighted by Crippen LogP contribution is 2.46. The van der Waals surface area contributed by atoms with Gasteiger partial charge in [0.05, 0.1) is 11.0 Å². The molecule has 0 unspecified atom stereocenters. The number of rotatable bonds is 3. The molecule has 0 atom stereocenters. The highest BCUT2D eigenvalue weighted by Gasteiger charge is 2.49. The predicted molar refractivity (Wildman–Crippen MR) is 68.1 cm³/mol. The van der Waals surface area contributed by atoms with Gasteiger partial charge in [0.2, 0.25) is 5.91 Å². The summed E-state index contributed by atoms with van der Waals surface area (Å²) < 4.78 is 13.7. The van der Waals surface area contributed by atoms with E-state index in [1.54, 1.807) is 0 Å². The molecule has 1 aliphatic rings. The highest BCUT2D eigenvalue weighted by atomic mass is 19.1. The summed E-state index contributed by atoms with van der Waals surface area (Å²) >= 11 is 0. The molecule has 1 aromatic carbocycles. The maximum Gasteiger partial charge on any atom is 0.295 e. The minimum Gasteiger partial charge on any atom is -0.317 e. The van der Waals surface area contributed by atoms with Gasteiger partial charge < -0.3 is 5.32 Å². The Bertz CT molecular complexity index is 618. The number of nitrogens with one attached hydrogen (secondary N) is 1. The fourth-order valence-electron chi connectivity index (χ4n) is 2.48. The van der Waals surface area contributed by atoms with Crippen LogP contribution in [0.25, 0.3) is 0 Å². The van der Waals surface area contributed by atoms with Crippen molar-refractivity contribution in [2.45, 2.75) is 19.8 Å². The summed E-state index contributed by atoms with van der Waals surface area (Å²) in [6.07, 6.45) is 0.745. The number of carbonyl (C=O) groups excluding carboxylic acids is 1. The minimum absolute atomic E-state index is 0.232. The number of nitrogens with zero attached hydrogens (tertiary/aromatic N) is 2. The number of anilines is 1. The lowest BCUT2D eigenvalue weighted by atomic mass is 9.63. The molecule has 1 aromatic rings. The molecule has 6 nitrogen and oxygen atoms in total. The summed E-state index contributed by atoms with van der Waals surface area (Å²) in [5, 5.41) is 22.1. The second-order valence-corrected chi connectivity index (χ2v) is 5.05. The molecule has 1 fully saturated rings. The third kappa shape index (κ3) is 2.20. The smallest absolute Gasteiger partial charge is 0.295 e. The van der Waals surface area contributed by atoms with Crippen LogP contribution < -0.4 is 5.32 Å². The van der Waals surface area contributed by atoms with Gasteiger partial charge in [-0.25, -0.2) is 4.39 Å². The Labute approximate surface area is 114 Å². The van der Waals surface area contributed by atoms with Crippen molar-refractivity contribution in [2.75, 3.05) is 5.32 Å². The highest BCUT2D eigenvalue weighted by molar-refractivity contribution is 5.99. The Balaban J connectivity index is 2.29. The number of para-hydroxylation sites is 1. The lowest BCUT2D eigenvalue weighted by molar-refractivity contribution is -0.384. The quantitative estimate of drug-likeness (QED) is 0.678. The molecule has 0 aromatic heterocycles. The van der Waals surface area contributed by atoms with Gasteiger partial charge in [0.25, 0.3) is 5.69 Å². The van der Waals surface area contributed by atoms with E-state index >= 15 is 0 Å². The third-order valence-corrected chi connectivity index (χ3v) is 3.47. The van der Waals surface area contributed by atoms with Crippen molar-refractivity contribution in [3.8, 4) is 6.07 Å². The van der Waals surface area contributed by atoms with Crippen molar-refractivity contribution < 1.29 is 14.1 Å². The van der Waals surface area contributed by atoms with Gasteiger partial charge in [0.15, 0.2) is 11.5 Å². The lowest BCUT2D eigenvalue weighted by Crippen LogP contribution is -2.45. The molecule has 0 saturated heterocycles. The normalized spacial score (nSPS) is 24.4. The van der Waals surface area contributed by atoms with Crippen LogP contribution >= 0.6 is 0 Å². The third-order valence-electron chi connectivity index (χ3n) is 3.47. The second kappa shape index (κ2) is 4.89. The number of halogens is 1. The number of nitro benzene ring substituents is 1. The molecule has 1 N–H and O–H groups in total. The van der Waals surface area contributed by atoms with Crippen LogP contribution in [0.5, 0.6) is 0 Å². The van der Waals surface area contributed by atoms with Gasteiger partial charge >= 0.3 is 0 Å². The van der Waals surface area contributed by atoms with E-state index in [-0.39, 0.29) is 5.92 Å². The van der Waals surface area contributed by atoms with E-state index < -0.39 is 33.4 Å². The molecule has 7 heteroatoms. The molecule has 104 valence electrons. The van der Waals surface area contributed by atoms with Crippen molar-refractivity contribution in [1.29, 1.82) is 5.26 Å². The van der Waals surface area contributed by atoms with Crippen molar-refractivity contribution in [3.05, 3.63) is 34.1 Å². The summed E-state index contributed by atoms with van der Waals surface area (Å²) in [6, 6.07) is 5.24. The van der Waals surface area contributed by atoms with Crippen LogP contribution in [0, 0.1) is 38.6 Å². The van der Waals surface area contributed by atoms with Gasteiger partial charge in [0.1, 0.15) is 5.41 Å². The zero-order valence-electron chi connectivity index (χ0n) is 10.7. The van der Waals surface area contributed by atoms with Gasteiger partial charge in [-0.2, -0.15) is 5.26 Å². The van der Waals surface area contributed by atoms with Crippen molar-refractivity contribution in [2.24, 2.45) is 11.3 Å². The molecule has 1 saturated carbocycles. The number of hydrogen-bond donors (Lipinski definition) is 1. The summed E-state index contributed by atoms with van der Waals surface area (Å²) in [5.74, 6) is -1.35. The van der Waals surface area contributed by atoms with Gasteiger partial charge in [-0.05, 0) is 24.8 Å². The Kier molecular flexibility index (Phi) is 3.40. The molecule has 1 aliphatic carbocycles. The summed E-state index contributed by atoms with van der Waals surface area (Å²) in [7, 11) is 0. The van der Waals surface area contributed by atoms with Crippen molar-refractivity contribution in [3.63, 3.8) is 0 Å². The number of nitro groups is 1. The summed E-state index contributed by atoms with van der Waals surface area (Å²) in [5.41, 5.74) is -2.23. The van der Waals surface area contributed by atoms with Gasteiger partial charge in [-0.3, -0.25) is 14.9 Å². The molecule has 1 amide bonds. The molecular weight excluding hydrogens is 265 g/mol. The SMILES string of the molecule is CC1CC(C#N)(C(=O)Nc2c(F)cccc2[N+](=O)[O-])C1. The Morgan fingerprint density at radius 1 is 1.60 bits per heavy atom. The van der Waals surface area contributed by atoms with E-state index in [2.05, 4.69) is 5.32 Å². The maximum atomic E-state index is 13.7. The molecular formula is C13H12FN3O3. The van der Waals surface area contributed by atoms with Crippen LogP contribution in [0.2, 0.25) is 0 Å². The topological polar surface area (TPSA) is 96.0 Å². The fourth-order valence-corrected chi connectivity index (χ4v) is 2.48. The summed E-state index contributed by atoms with van der Waals surface area (Å²) in [4.78, 5) is 22.2. The van der Waals surface area contributed by atoms with Gasteiger partial charge in [-0.15, -0.1) is 0 Å². The minimum atomic E-state index is -1.21. The number of carbonyl (C=O) groups is 1. The fraction of sp³-hybridized carbons (Fsp3) is 0.385. The predicted octanol–water partition coefficient (Wildman–Crippen LogP) is 2.61. The van der Waals surface area contributed by atoms with E-state index in [9.17, 15) is 19.3 Å². The second-order valence-electron chi connectivity index (χ2n) is 5.05. The summed E-state index contributed by atoms with van der Waals surface area (Å²) in [6.45, 7) is 1.90. The Morgan fingerprint density at radius 3 is 2.75 bits per heavy atom. The van der Waals surface area contributed by atoms with Crippen LogP contribution in [-0.4, -0.2) is 10.8 Å². The Morgan fingerprint density at radius 2 is 2.25 bits per heavy atom. The maximum absolute atomic E-state index is 13.7. The first-order valence-corrected chi connectivity index (χ1v) is 6.05. The molecule has 0 spiro atoms. The Hall–Kier alpha value is -2.49. The van der Waals surface area contributed by atoms with Gasteiger partial charge in [0, 0.05) is 6.07 Å². The van der Waals surface area contributed by atoms with E-state index in [1.807, 2.05) is 13.0 Å². The van der Waals surface area contributed by atoms with E-state index in [4.69, 9.17) is 5.26 Å². The zero-order chi connectivity index (χ0) is 14.9. The van der Waals surface area contributed by atoms with Crippen molar-refractivity contribution in [1.82, 2.24) is 0 Å². The van der Waals surface area contributed by atoms with E-state index in [1.165, 1.54) is 6.07 Å². The molecule has 2 rings (SSSR count). The molecule has 0 radical (unpaired) electrons. The van der Waals surface area contributed by atoms with Crippen LogP contribution in [-0.2, 0) is 4.79 Å². The molecule has 0 aliphatic heterocycles. The number of amides is 1. The van der Waals surface area contributed by atoms with Crippen LogP contribution in [0.1, 0.15) is 19.8 Å².